The molecule has 0 aliphatic rings. The van der Waals surface area contributed by atoms with Crippen LogP contribution < -0.4 is 4.74 Å². The number of hydrogen-bond acceptors (Lipinski definition) is 2. The molecule has 90 valence electrons. The van der Waals surface area contributed by atoms with Gasteiger partial charge in [-0.2, -0.15) is 0 Å². The van der Waals surface area contributed by atoms with Crippen molar-refractivity contribution in [2.24, 2.45) is 0 Å². The highest BCUT2D eigenvalue weighted by molar-refractivity contribution is 5.20. The van der Waals surface area contributed by atoms with Crippen LogP contribution in [0.1, 0.15) is 39.0 Å². The highest BCUT2D eigenvalue weighted by Crippen LogP contribution is 2.10. The lowest BCUT2D eigenvalue weighted by Gasteiger charge is -2.11. The summed E-state index contributed by atoms with van der Waals surface area (Å²) >= 11 is 0. The van der Waals surface area contributed by atoms with E-state index in [1.165, 1.54) is 19.3 Å². The second kappa shape index (κ2) is 8.17. The van der Waals surface area contributed by atoms with Crippen LogP contribution in [-0.2, 0) is 0 Å². The Kier molecular flexibility index (Phi) is 6.66. The average Bonchev–Trinajstić information content (AvgIpc) is 2.33. The molecule has 0 saturated heterocycles. The summed E-state index contributed by atoms with van der Waals surface area (Å²) < 4.78 is 5.47. The van der Waals surface area contributed by atoms with Crippen LogP contribution >= 0.6 is 0 Å². The summed E-state index contributed by atoms with van der Waals surface area (Å²) in [5.74, 6) is 0.829. The molecule has 16 heavy (non-hydrogen) atoms. The summed E-state index contributed by atoms with van der Waals surface area (Å²) in [4.78, 5) is 0. The first kappa shape index (κ1) is 13.0. The molecule has 1 atom stereocenters. The molecule has 0 aromatic heterocycles. The molecule has 2 heteroatoms. The molecule has 0 aliphatic heterocycles. The zero-order chi connectivity index (χ0) is 11.6. The third-order valence-corrected chi connectivity index (χ3v) is 2.58. The Labute approximate surface area is 98.3 Å². The van der Waals surface area contributed by atoms with Crippen molar-refractivity contribution >= 4 is 0 Å². The maximum absolute atomic E-state index is 9.68. The monoisotopic (exact) mass is 222 g/mol. The predicted molar refractivity (Wildman–Crippen MR) is 66.7 cm³/mol. The maximum atomic E-state index is 9.68. The fourth-order valence-corrected chi connectivity index (χ4v) is 1.60. The zero-order valence-corrected chi connectivity index (χ0v) is 10.1. The maximum Gasteiger partial charge on any atom is 0.119 e. The molecule has 1 aromatic carbocycles. The van der Waals surface area contributed by atoms with E-state index in [0.29, 0.717) is 6.61 Å². The van der Waals surface area contributed by atoms with Gasteiger partial charge in [0.25, 0.3) is 0 Å². The van der Waals surface area contributed by atoms with Gasteiger partial charge < -0.3 is 9.84 Å². The van der Waals surface area contributed by atoms with Gasteiger partial charge in [0.1, 0.15) is 12.4 Å². The van der Waals surface area contributed by atoms with Crippen LogP contribution in [0, 0.1) is 0 Å². The van der Waals surface area contributed by atoms with E-state index in [1.54, 1.807) is 0 Å². The second-order valence-electron chi connectivity index (χ2n) is 4.13. The van der Waals surface area contributed by atoms with Crippen LogP contribution in [0.15, 0.2) is 30.3 Å². The molecule has 0 unspecified atom stereocenters. The number of para-hydroxylation sites is 1. The molecule has 0 radical (unpaired) electrons. The Hall–Kier alpha value is -1.02. The normalized spacial score (nSPS) is 12.4. The molecule has 2 nitrogen and oxygen atoms in total. The van der Waals surface area contributed by atoms with Crippen LogP contribution in [0.5, 0.6) is 5.75 Å². The van der Waals surface area contributed by atoms with Gasteiger partial charge in [-0.3, -0.25) is 0 Å². The van der Waals surface area contributed by atoms with E-state index in [4.69, 9.17) is 4.74 Å². The van der Waals surface area contributed by atoms with Crippen LogP contribution in [-0.4, -0.2) is 17.8 Å². The molecule has 0 bridgehead atoms. The minimum atomic E-state index is -0.336. The van der Waals surface area contributed by atoms with Crippen LogP contribution in [0.4, 0.5) is 0 Å². The van der Waals surface area contributed by atoms with E-state index in [0.717, 1.165) is 18.6 Å². The Morgan fingerprint density at radius 3 is 2.56 bits per heavy atom. The molecular formula is C14H22O2. The lowest BCUT2D eigenvalue weighted by Crippen LogP contribution is -2.17. The van der Waals surface area contributed by atoms with Crippen molar-refractivity contribution in [3.8, 4) is 5.75 Å². The van der Waals surface area contributed by atoms with E-state index in [9.17, 15) is 5.11 Å². The summed E-state index contributed by atoms with van der Waals surface area (Å²) in [5, 5.41) is 9.68. The zero-order valence-electron chi connectivity index (χ0n) is 10.1. The molecular weight excluding hydrogens is 200 g/mol. The number of hydrogen-bond donors (Lipinski definition) is 1. The summed E-state index contributed by atoms with van der Waals surface area (Å²) in [6.45, 7) is 2.59. The van der Waals surface area contributed by atoms with Gasteiger partial charge in [-0.1, -0.05) is 50.8 Å². The van der Waals surface area contributed by atoms with Crippen LogP contribution in [0.2, 0.25) is 0 Å². The van der Waals surface area contributed by atoms with Crippen molar-refractivity contribution < 1.29 is 9.84 Å². The third-order valence-electron chi connectivity index (χ3n) is 2.58. The number of unbranched alkanes of at least 4 members (excludes halogenated alkanes) is 3. The molecule has 0 amide bonds. The van der Waals surface area contributed by atoms with Gasteiger partial charge in [0.15, 0.2) is 0 Å². The Balaban J connectivity index is 2.08. The van der Waals surface area contributed by atoms with Gasteiger partial charge in [0.05, 0.1) is 6.10 Å². The molecule has 0 spiro atoms. The summed E-state index contributed by atoms with van der Waals surface area (Å²) in [5.41, 5.74) is 0. The van der Waals surface area contributed by atoms with E-state index in [-0.39, 0.29) is 6.10 Å². The summed E-state index contributed by atoms with van der Waals surface area (Å²) in [7, 11) is 0. The Bertz CT molecular complexity index is 259. The number of rotatable bonds is 8. The quantitative estimate of drug-likeness (QED) is 0.683. The average molecular weight is 222 g/mol. The molecule has 1 rings (SSSR count). The molecule has 0 heterocycles. The van der Waals surface area contributed by atoms with Crippen molar-refractivity contribution in [2.45, 2.75) is 45.1 Å². The number of ether oxygens (including phenoxy) is 1. The summed E-state index contributed by atoms with van der Waals surface area (Å²) in [6, 6.07) is 9.63. The Morgan fingerprint density at radius 2 is 1.88 bits per heavy atom. The van der Waals surface area contributed by atoms with Crippen molar-refractivity contribution in [1.29, 1.82) is 0 Å². The first-order valence-corrected chi connectivity index (χ1v) is 6.19. The first-order chi connectivity index (χ1) is 7.83. The Morgan fingerprint density at radius 1 is 1.12 bits per heavy atom. The van der Waals surface area contributed by atoms with Crippen molar-refractivity contribution in [2.75, 3.05) is 6.61 Å². The molecule has 0 fully saturated rings. The van der Waals surface area contributed by atoms with E-state index < -0.39 is 0 Å². The number of benzene rings is 1. The van der Waals surface area contributed by atoms with Crippen molar-refractivity contribution in [1.82, 2.24) is 0 Å². The topological polar surface area (TPSA) is 29.5 Å². The van der Waals surface area contributed by atoms with Crippen LogP contribution in [0.25, 0.3) is 0 Å². The lowest BCUT2D eigenvalue weighted by molar-refractivity contribution is 0.0975. The smallest absolute Gasteiger partial charge is 0.119 e. The highest BCUT2D eigenvalue weighted by Gasteiger charge is 2.04. The molecule has 0 saturated carbocycles. The van der Waals surface area contributed by atoms with E-state index >= 15 is 0 Å². The largest absolute Gasteiger partial charge is 0.491 e. The number of aliphatic hydroxyl groups excluding tert-OH is 1. The van der Waals surface area contributed by atoms with Gasteiger partial charge >= 0.3 is 0 Å². The molecule has 0 aliphatic carbocycles. The highest BCUT2D eigenvalue weighted by atomic mass is 16.5. The molecule has 1 N–H and O–H groups in total. The van der Waals surface area contributed by atoms with Crippen molar-refractivity contribution in [3.05, 3.63) is 30.3 Å². The second-order valence-corrected chi connectivity index (χ2v) is 4.13. The van der Waals surface area contributed by atoms with Gasteiger partial charge in [0.2, 0.25) is 0 Å². The summed E-state index contributed by atoms with van der Waals surface area (Å²) in [6.07, 6.45) is 5.29. The standard InChI is InChI=1S/C14H22O2/c1-2-3-4-6-9-13(15)12-16-14-10-7-5-8-11-14/h5,7-8,10-11,13,15H,2-4,6,9,12H2,1H3/t13-/m1/s1. The SMILES string of the molecule is CCCCCC[C@@H](O)COc1ccccc1. The van der Waals surface area contributed by atoms with E-state index in [1.807, 2.05) is 30.3 Å². The third kappa shape index (κ3) is 5.76. The van der Waals surface area contributed by atoms with Gasteiger partial charge in [-0.15, -0.1) is 0 Å². The van der Waals surface area contributed by atoms with Gasteiger partial charge in [-0.05, 0) is 18.6 Å². The first-order valence-electron chi connectivity index (χ1n) is 6.19. The van der Waals surface area contributed by atoms with Crippen molar-refractivity contribution in [3.63, 3.8) is 0 Å². The lowest BCUT2D eigenvalue weighted by atomic mass is 10.1. The van der Waals surface area contributed by atoms with Gasteiger partial charge in [0, 0.05) is 0 Å². The number of aliphatic hydroxyl groups is 1. The fourth-order valence-electron chi connectivity index (χ4n) is 1.60. The van der Waals surface area contributed by atoms with Crippen LogP contribution in [0.3, 0.4) is 0 Å². The molecule has 1 aromatic rings. The minimum absolute atomic E-state index is 0.336. The minimum Gasteiger partial charge on any atom is -0.491 e. The fraction of sp³-hybridized carbons (Fsp3) is 0.571. The van der Waals surface area contributed by atoms with Gasteiger partial charge in [-0.25, -0.2) is 0 Å². The van der Waals surface area contributed by atoms with E-state index in [2.05, 4.69) is 6.92 Å². The predicted octanol–water partition coefficient (Wildman–Crippen LogP) is 3.40.